The minimum Gasteiger partial charge on any atom is -0.377 e. The van der Waals surface area contributed by atoms with E-state index in [1.54, 1.807) is 0 Å². The van der Waals surface area contributed by atoms with Gasteiger partial charge in [-0.05, 0) is 39.8 Å². The molecule has 0 spiro atoms. The Morgan fingerprint density at radius 3 is 2.80 bits per heavy atom. The SMILES string of the molecule is CCC(CNC)N1CCCC(C)(OC)C1. The molecule has 1 heterocycles. The quantitative estimate of drug-likeness (QED) is 0.750. The van der Waals surface area contributed by atoms with Gasteiger partial charge in [0.15, 0.2) is 0 Å². The first-order chi connectivity index (χ1) is 7.15. The van der Waals surface area contributed by atoms with Gasteiger partial charge in [-0.2, -0.15) is 0 Å². The maximum absolute atomic E-state index is 5.62. The van der Waals surface area contributed by atoms with Gasteiger partial charge in [0.25, 0.3) is 0 Å². The molecule has 90 valence electrons. The van der Waals surface area contributed by atoms with Crippen LogP contribution in [0.1, 0.15) is 33.1 Å². The Kier molecular flexibility index (Phi) is 5.03. The van der Waals surface area contributed by atoms with E-state index in [9.17, 15) is 0 Å². The van der Waals surface area contributed by atoms with E-state index in [1.165, 1.54) is 25.8 Å². The Labute approximate surface area is 94.2 Å². The predicted molar refractivity (Wildman–Crippen MR) is 64.2 cm³/mol. The number of nitrogens with zero attached hydrogens (tertiary/aromatic N) is 1. The summed E-state index contributed by atoms with van der Waals surface area (Å²) in [5.74, 6) is 0. The van der Waals surface area contributed by atoms with E-state index in [1.807, 2.05) is 14.2 Å². The van der Waals surface area contributed by atoms with Gasteiger partial charge in [0, 0.05) is 26.2 Å². The zero-order valence-corrected chi connectivity index (χ0v) is 10.7. The number of rotatable bonds is 5. The molecule has 0 aromatic heterocycles. The van der Waals surface area contributed by atoms with Crippen LogP contribution >= 0.6 is 0 Å². The molecular weight excluding hydrogens is 188 g/mol. The topological polar surface area (TPSA) is 24.5 Å². The van der Waals surface area contributed by atoms with Crippen LogP contribution in [0.3, 0.4) is 0 Å². The largest absolute Gasteiger partial charge is 0.377 e. The van der Waals surface area contributed by atoms with Crippen LogP contribution in [-0.4, -0.2) is 50.3 Å². The minimum absolute atomic E-state index is 0.0689. The number of hydrogen-bond donors (Lipinski definition) is 1. The molecular formula is C12H26N2O. The molecule has 1 saturated heterocycles. The number of nitrogens with one attached hydrogen (secondary N) is 1. The second-order valence-electron chi connectivity index (χ2n) is 4.85. The van der Waals surface area contributed by atoms with Crippen LogP contribution in [0.25, 0.3) is 0 Å². The van der Waals surface area contributed by atoms with Gasteiger partial charge in [0.2, 0.25) is 0 Å². The van der Waals surface area contributed by atoms with Crippen LogP contribution in [0, 0.1) is 0 Å². The third-order valence-electron chi connectivity index (χ3n) is 3.61. The molecule has 2 atom stereocenters. The Bertz CT molecular complexity index is 186. The zero-order chi connectivity index (χ0) is 11.3. The van der Waals surface area contributed by atoms with Gasteiger partial charge in [-0.1, -0.05) is 6.92 Å². The summed E-state index contributed by atoms with van der Waals surface area (Å²) in [5, 5.41) is 3.28. The molecule has 0 bridgehead atoms. The summed E-state index contributed by atoms with van der Waals surface area (Å²) in [6, 6.07) is 0.657. The van der Waals surface area contributed by atoms with Crippen molar-refractivity contribution in [2.24, 2.45) is 0 Å². The fourth-order valence-corrected chi connectivity index (χ4v) is 2.49. The van der Waals surface area contributed by atoms with Crippen molar-refractivity contribution in [2.75, 3.05) is 33.8 Å². The first-order valence-electron chi connectivity index (χ1n) is 6.09. The highest BCUT2D eigenvalue weighted by Gasteiger charge is 2.33. The van der Waals surface area contributed by atoms with Crippen LogP contribution < -0.4 is 5.32 Å². The van der Waals surface area contributed by atoms with Crippen LogP contribution in [-0.2, 0) is 4.74 Å². The fourth-order valence-electron chi connectivity index (χ4n) is 2.49. The molecule has 0 saturated carbocycles. The van der Waals surface area contributed by atoms with E-state index in [2.05, 4.69) is 24.1 Å². The number of hydrogen-bond acceptors (Lipinski definition) is 3. The van der Waals surface area contributed by atoms with Gasteiger partial charge in [-0.3, -0.25) is 4.90 Å². The van der Waals surface area contributed by atoms with Crippen molar-refractivity contribution in [3.8, 4) is 0 Å². The normalized spacial score (nSPS) is 30.4. The lowest BCUT2D eigenvalue weighted by atomic mass is 9.93. The molecule has 3 nitrogen and oxygen atoms in total. The van der Waals surface area contributed by atoms with E-state index >= 15 is 0 Å². The third-order valence-corrected chi connectivity index (χ3v) is 3.61. The summed E-state index contributed by atoms with van der Waals surface area (Å²) in [6.07, 6.45) is 3.65. The summed E-state index contributed by atoms with van der Waals surface area (Å²) in [4.78, 5) is 2.57. The first-order valence-corrected chi connectivity index (χ1v) is 6.09. The summed E-state index contributed by atoms with van der Waals surface area (Å²) in [6.45, 7) is 7.87. The van der Waals surface area contributed by atoms with Crippen molar-refractivity contribution in [3.63, 3.8) is 0 Å². The van der Waals surface area contributed by atoms with Gasteiger partial charge in [-0.25, -0.2) is 0 Å². The second-order valence-corrected chi connectivity index (χ2v) is 4.85. The highest BCUT2D eigenvalue weighted by molar-refractivity contribution is 4.87. The van der Waals surface area contributed by atoms with Crippen molar-refractivity contribution in [3.05, 3.63) is 0 Å². The molecule has 0 aliphatic carbocycles. The van der Waals surface area contributed by atoms with Gasteiger partial charge < -0.3 is 10.1 Å². The van der Waals surface area contributed by atoms with Gasteiger partial charge in [0.05, 0.1) is 5.60 Å². The highest BCUT2D eigenvalue weighted by Crippen LogP contribution is 2.25. The van der Waals surface area contributed by atoms with E-state index in [-0.39, 0.29) is 5.60 Å². The standard InChI is InChI=1S/C12H26N2O/c1-5-11(9-13-3)14-8-6-7-12(2,10-14)15-4/h11,13H,5-10H2,1-4H3. The Balaban J connectivity index is 2.53. The maximum atomic E-state index is 5.62. The van der Waals surface area contributed by atoms with Crippen molar-refractivity contribution < 1.29 is 4.74 Å². The molecule has 1 aliphatic rings. The number of likely N-dealkylation sites (tertiary alicyclic amines) is 1. The molecule has 0 amide bonds. The lowest BCUT2D eigenvalue weighted by molar-refractivity contribution is -0.0612. The maximum Gasteiger partial charge on any atom is 0.0777 e. The fraction of sp³-hybridized carbons (Fsp3) is 1.00. The molecule has 1 fully saturated rings. The monoisotopic (exact) mass is 214 g/mol. The lowest BCUT2D eigenvalue weighted by Gasteiger charge is -2.43. The number of ether oxygens (including phenoxy) is 1. The van der Waals surface area contributed by atoms with Crippen molar-refractivity contribution in [2.45, 2.75) is 44.8 Å². The Hall–Kier alpha value is -0.120. The van der Waals surface area contributed by atoms with Crippen LogP contribution in [0.4, 0.5) is 0 Å². The van der Waals surface area contributed by atoms with E-state index < -0.39 is 0 Å². The summed E-state index contributed by atoms with van der Waals surface area (Å²) >= 11 is 0. The van der Waals surface area contributed by atoms with E-state index in [0.29, 0.717) is 6.04 Å². The number of methoxy groups -OCH3 is 1. The lowest BCUT2D eigenvalue weighted by Crippen LogP contribution is -2.53. The molecule has 0 aromatic carbocycles. The molecule has 3 heteroatoms. The summed E-state index contributed by atoms with van der Waals surface area (Å²) in [5.41, 5.74) is 0.0689. The highest BCUT2D eigenvalue weighted by atomic mass is 16.5. The Morgan fingerprint density at radius 1 is 1.53 bits per heavy atom. The molecule has 1 N–H and O–H groups in total. The van der Waals surface area contributed by atoms with Gasteiger partial charge in [0.1, 0.15) is 0 Å². The van der Waals surface area contributed by atoms with Crippen molar-refractivity contribution in [1.82, 2.24) is 10.2 Å². The molecule has 15 heavy (non-hydrogen) atoms. The zero-order valence-electron chi connectivity index (χ0n) is 10.7. The summed E-state index contributed by atoms with van der Waals surface area (Å²) < 4.78 is 5.62. The molecule has 2 unspecified atom stereocenters. The number of likely N-dealkylation sites (N-methyl/N-ethyl adjacent to an activating group) is 1. The number of piperidine rings is 1. The van der Waals surface area contributed by atoms with E-state index in [0.717, 1.165) is 13.1 Å². The molecule has 0 radical (unpaired) electrons. The second kappa shape index (κ2) is 5.83. The third kappa shape index (κ3) is 3.44. The molecule has 1 rings (SSSR count). The van der Waals surface area contributed by atoms with Crippen molar-refractivity contribution >= 4 is 0 Å². The van der Waals surface area contributed by atoms with Gasteiger partial charge in [-0.15, -0.1) is 0 Å². The van der Waals surface area contributed by atoms with Crippen molar-refractivity contribution in [1.29, 1.82) is 0 Å². The summed E-state index contributed by atoms with van der Waals surface area (Å²) in [7, 11) is 3.87. The van der Waals surface area contributed by atoms with Crippen LogP contribution in [0.15, 0.2) is 0 Å². The van der Waals surface area contributed by atoms with Gasteiger partial charge >= 0.3 is 0 Å². The van der Waals surface area contributed by atoms with E-state index in [4.69, 9.17) is 4.74 Å². The first kappa shape index (κ1) is 12.9. The van der Waals surface area contributed by atoms with Crippen LogP contribution in [0.2, 0.25) is 0 Å². The molecule has 0 aromatic rings. The molecule has 1 aliphatic heterocycles. The van der Waals surface area contributed by atoms with Crippen LogP contribution in [0.5, 0.6) is 0 Å². The minimum atomic E-state index is 0.0689. The Morgan fingerprint density at radius 2 is 2.27 bits per heavy atom. The smallest absolute Gasteiger partial charge is 0.0777 e. The average molecular weight is 214 g/mol. The predicted octanol–water partition coefficient (Wildman–Crippen LogP) is 1.49. The average Bonchev–Trinajstić information content (AvgIpc) is 2.26.